The van der Waals surface area contributed by atoms with E-state index in [1.54, 1.807) is 27.8 Å². The molecule has 0 radical (unpaired) electrons. The second-order valence-electron chi connectivity index (χ2n) is 16.8. The highest BCUT2D eigenvalue weighted by Gasteiger charge is 2.51. The first-order valence-corrected chi connectivity index (χ1v) is 20.0. The largest absolute Gasteiger partial charge is 0.461 e. The standard InChI is InChI=1S/C46H54O/c1-2-14-31-27-44-42(26-30(31)13-1)36-25-24-32(28-43(36)47-44)45-38-19-7-9-21-40(38)46(41-22-10-8-20-39(41)45)37-18-6-5-17-35(37)34-23-11-15-29-12-3-4-16-33(29)34/h1,3,5-6,11-13,15,23,27,30,32,35,37-38,40-41,46H,2,4,7-10,14,16-22,24-26,28H2. The average Bonchev–Trinajstić information content (AvgIpc) is 3.49. The van der Waals surface area contributed by atoms with Gasteiger partial charge in [0.2, 0.25) is 0 Å². The van der Waals surface area contributed by atoms with Crippen LogP contribution >= 0.6 is 0 Å². The third kappa shape index (κ3) is 4.83. The number of hydrogen-bond donors (Lipinski definition) is 0. The number of furan rings is 1. The fourth-order valence-electron chi connectivity index (χ4n) is 12.9. The Morgan fingerprint density at radius 3 is 2.55 bits per heavy atom. The van der Waals surface area contributed by atoms with Crippen molar-refractivity contribution in [2.24, 2.45) is 41.4 Å². The molecule has 1 nitrogen and oxygen atoms in total. The van der Waals surface area contributed by atoms with E-state index < -0.39 is 0 Å². The second kappa shape index (κ2) is 12.0. The summed E-state index contributed by atoms with van der Waals surface area (Å²) in [5.41, 5.74) is 13.7. The SMILES string of the molecule is C1=CC2Cc3c(oc4c3CCC(C3=C5CCCCC5C(C5CC=CCC5c5cccc6c5CCC=C6)C5CCCCC35)C4)C=C2CC1. The molecule has 8 atom stereocenters. The summed E-state index contributed by atoms with van der Waals surface area (Å²) >= 11 is 0. The van der Waals surface area contributed by atoms with Crippen LogP contribution in [0, 0.1) is 41.4 Å². The van der Waals surface area contributed by atoms with E-state index in [9.17, 15) is 0 Å². The molecule has 0 aliphatic heterocycles. The molecular formula is C46H54O. The van der Waals surface area contributed by atoms with Crippen molar-refractivity contribution in [3.63, 3.8) is 0 Å². The van der Waals surface area contributed by atoms with Crippen LogP contribution in [0.5, 0.6) is 0 Å². The van der Waals surface area contributed by atoms with Gasteiger partial charge in [-0.1, -0.05) is 90.6 Å². The molecule has 1 aromatic heterocycles. The quantitative estimate of drug-likeness (QED) is 0.310. The Labute approximate surface area is 283 Å². The smallest absolute Gasteiger partial charge is 0.130 e. The lowest BCUT2D eigenvalue weighted by Gasteiger charge is -2.55. The maximum Gasteiger partial charge on any atom is 0.130 e. The van der Waals surface area contributed by atoms with Crippen molar-refractivity contribution in [3.05, 3.63) is 105 Å². The summed E-state index contributed by atoms with van der Waals surface area (Å²) in [6.07, 6.45) is 41.2. The first-order valence-electron chi connectivity index (χ1n) is 20.0. The molecule has 8 aliphatic carbocycles. The fraction of sp³-hybridized carbons (Fsp3) is 0.565. The van der Waals surface area contributed by atoms with E-state index in [0.717, 1.165) is 29.6 Å². The molecule has 0 bridgehead atoms. The van der Waals surface area contributed by atoms with Gasteiger partial charge in [-0.25, -0.2) is 0 Å². The summed E-state index contributed by atoms with van der Waals surface area (Å²) in [5.74, 6) is 8.82. The van der Waals surface area contributed by atoms with Crippen LogP contribution in [-0.4, -0.2) is 0 Å². The third-order valence-electron chi connectivity index (χ3n) is 14.7. The molecule has 1 heterocycles. The Kier molecular flexibility index (Phi) is 7.42. The van der Waals surface area contributed by atoms with Gasteiger partial charge < -0.3 is 4.42 Å². The van der Waals surface area contributed by atoms with Crippen molar-refractivity contribution >= 4 is 12.2 Å². The molecule has 8 aliphatic rings. The molecule has 0 amide bonds. The Hall–Kier alpha value is -2.80. The van der Waals surface area contributed by atoms with Crippen molar-refractivity contribution in [3.8, 4) is 0 Å². The van der Waals surface area contributed by atoms with Crippen LogP contribution in [0.1, 0.15) is 135 Å². The van der Waals surface area contributed by atoms with E-state index in [1.165, 1.54) is 133 Å². The predicted octanol–water partition coefficient (Wildman–Crippen LogP) is 11.9. The highest BCUT2D eigenvalue weighted by molar-refractivity contribution is 5.61. The average molecular weight is 623 g/mol. The predicted molar refractivity (Wildman–Crippen MR) is 194 cm³/mol. The molecule has 2 saturated carbocycles. The van der Waals surface area contributed by atoms with Crippen LogP contribution in [0.25, 0.3) is 12.2 Å². The Bertz CT molecular complexity index is 1700. The lowest BCUT2D eigenvalue weighted by atomic mass is 9.49. The van der Waals surface area contributed by atoms with Crippen molar-refractivity contribution in [2.75, 3.05) is 0 Å². The molecule has 0 saturated heterocycles. The Morgan fingerprint density at radius 1 is 0.660 bits per heavy atom. The summed E-state index contributed by atoms with van der Waals surface area (Å²) in [4.78, 5) is 0. The van der Waals surface area contributed by atoms with Gasteiger partial charge in [0.1, 0.15) is 11.5 Å². The molecule has 1 aromatic carbocycles. The van der Waals surface area contributed by atoms with E-state index in [4.69, 9.17) is 4.42 Å². The number of allylic oxidation sites excluding steroid dienone is 8. The zero-order valence-corrected chi connectivity index (χ0v) is 28.5. The van der Waals surface area contributed by atoms with Gasteiger partial charge in [-0.15, -0.1) is 0 Å². The Balaban J connectivity index is 1.02. The second-order valence-corrected chi connectivity index (χ2v) is 16.8. The summed E-state index contributed by atoms with van der Waals surface area (Å²) < 4.78 is 6.86. The van der Waals surface area contributed by atoms with Crippen LogP contribution < -0.4 is 0 Å². The van der Waals surface area contributed by atoms with Crippen LogP contribution in [0.4, 0.5) is 0 Å². The van der Waals surface area contributed by atoms with E-state index in [-0.39, 0.29) is 0 Å². The van der Waals surface area contributed by atoms with Gasteiger partial charge in [-0.3, -0.25) is 0 Å². The molecule has 2 fully saturated rings. The minimum absolute atomic E-state index is 0.623. The minimum Gasteiger partial charge on any atom is -0.461 e. The molecule has 2 aromatic rings. The summed E-state index contributed by atoms with van der Waals surface area (Å²) in [6, 6.07) is 7.29. The topological polar surface area (TPSA) is 13.1 Å². The zero-order chi connectivity index (χ0) is 30.9. The fourth-order valence-corrected chi connectivity index (χ4v) is 12.9. The summed E-state index contributed by atoms with van der Waals surface area (Å²) in [5, 5.41) is 0. The van der Waals surface area contributed by atoms with Gasteiger partial charge in [0.05, 0.1) is 0 Å². The van der Waals surface area contributed by atoms with E-state index >= 15 is 0 Å². The lowest BCUT2D eigenvalue weighted by molar-refractivity contribution is 0.0437. The van der Waals surface area contributed by atoms with E-state index in [0.29, 0.717) is 17.8 Å². The van der Waals surface area contributed by atoms with Crippen molar-refractivity contribution < 1.29 is 4.42 Å². The zero-order valence-electron chi connectivity index (χ0n) is 28.5. The first-order chi connectivity index (χ1) is 23.3. The summed E-state index contributed by atoms with van der Waals surface area (Å²) in [6.45, 7) is 0. The maximum atomic E-state index is 6.86. The molecule has 1 heteroatoms. The van der Waals surface area contributed by atoms with Crippen molar-refractivity contribution in [1.29, 1.82) is 0 Å². The highest BCUT2D eigenvalue weighted by atomic mass is 16.3. The maximum absolute atomic E-state index is 6.86. The number of fused-ring (bicyclic) bond motifs is 7. The van der Waals surface area contributed by atoms with E-state index in [2.05, 4.69) is 60.7 Å². The van der Waals surface area contributed by atoms with Gasteiger partial charge in [-0.2, -0.15) is 0 Å². The van der Waals surface area contributed by atoms with Gasteiger partial charge in [-0.05, 0) is 160 Å². The van der Waals surface area contributed by atoms with Gasteiger partial charge in [0.25, 0.3) is 0 Å². The van der Waals surface area contributed by atoms with Gasteiger partial charge >= 0.3 is 0 Å². The number of rotatable bonds is 3. The monoisotopic (exact) mass is 622 g/mol. The van der Waals surface area contributed by atoms with Crippen LogP contribution in [0.2, 0.25) is 0 Å². The molecular weight excluding hydrogens is 569 g/mol. The Morgan fingerprint density at radius 2 is 1.55 bits per heavy atom. The first kappa shape index (κ1) is 29.1. The van der Waals surface area contributed by atoms with Gasteiger partial charge in [0.15, 0.2) is 0 Å². The molecule has 0 N–H and O–H groups in total. The molecule has 10 rings (SSSR count). The van der Waals surface area contributed by atoms with Crippen molar-refractivity contribution in [2.45, 2.75) is 121 Å². The van der Waals surface area contributed by atoms with E-state index in [1.807, 2.05) is 11.1 Å². The minimum atomic E-state index is 0.623. The summed E-state index contributed by atoms with van der Waals surface area (Å²) in [7, 11) is 0. The number of benzene rings is 1. The normalized spacial score (nSPS) is 35.6. The molecule has 47 heavy (non-hydrogen) atoms. The van der Waals surface area contributed by atoms with Crippen LogP contribution in [-0.2, 0) is 25.7 Å². The third-order valence-corrected chi connectivity index (χ3v) is 14.7. The molecule has 8 unspecified atom stereocenters. The van der Waals surface area contributed by atoms with Crippen LogP contribution in [0.15, 0.2) is 69.7 Å². The lowest BCUT2D eigenvalue weighted by Crippen LogP contribution is -2.46. The van der Waals surface area contributed by atoms with Gasteiger partial charge in [0, 0.05) is 17.9 Å². The van der Waals surface area contributed by atoms with Crippen LogP contribution in [0.3, 0.4) is 0 Å². The molecule has 244 valence electrons. The number of hydrogen-bond acceptors (Lipinski definition) is 1. The van der Waals surface area contributed by atoms with Crippen molar-refractivity contribution in [1.82, 2.24) is 0 Å². The highest BCUT2D eigenvalue weighted by Crippen LogP contribution is 2.61. The molecule has 0 spiro atoms.